The van der Waals surface area contributed by atoms with Gasteiger partial charge in [-0.15, -0.1) is 6.58 Å². The van der Waals surface area contributed by atoms with Gasteiger partial charge in [-0.2, -0.15) is 11.3 Å². The summed E-state index contributed by atoms with van der Waals surface area (Å²) >= 11 is 1.49. The number of nitrogens with zero attached hydrogens (tertiary/aromatic N) is 1. The second kappa shape index (κ2) is 10.4. The topological polar surface area (TPSA) is 58.6 Å². The maximum absolute atomic E-state index is 12.5. The van der Waals surface area contributed by atoms with Crippen LogP contribution in [0.25, 0.3) is 0 Å². The normalized spacial score (nSPS) is 10.2. The Morgan fingerprint density at radius 3 is 2.65 bits per heavy atom. The fourth-order valence-corrected chi connectivity index (χ4v) is 3.09. The number of carbonyl (C=O) groups excluding carboxylic acids is 2. The molecule has 0 aliphatic rings. The Kier molecular flexibility index (Phi) is 7.89. The molecule has 0 bridgehead atoms. The molecule has 5 nitrogen and oxygen atoms in total. The second-order valence-electron chi connectivity index (χ2n) is 5.78. The quantitative estimate of drug-likeness (QED) is 0.513. The Morgan fingerprint density at radius 2 is 2.04 bits per heavy atom. The first-order chi connectivity index (χ1) is 12.6. The lowest BCUT2D eigenvalue weighted by Crippen LogP contribution is -2.31. The summed E-state index contributed by atoms with van der Waals surface area (Å²) in [7, 11) is 1.62. The van der Waals surface area contributed by atoms with Crippen LogP contribution < -0.4 is 10.1 Å². The van der Waals surface area contributed by atoms with Crippen molar-refractivity contribution in [2.24, 2.45) is 0 Å². The van der Waals surface area contributed by atoms with E-state index in [4.69, 9.17) is 4.74 Å². The fourth-order valence-electron chi connectivity index (χ4n) is 2.46. The van der Waals surface area contributed by atoms with Crippen molar-refractivity contribution >= 4 is 23.2 Å². The Hall–Kier alpha value is -2.60. The molecule has 0 atom stereocenters. The molecule has 0 radical (unpaired) electrons. The lowest BCUT2D eigenvalue weighted by Gasteiger charge is -2.21. The van der Waals surface area contributed by atoms with E-state index in [9.17, 15) is 9.59 Å². The van der Waals surface area contributed by atoms with Crippen LogP contribution in [0.3, 0.4) is 0 Å². The van der Waals surface area contributed by atoms with Gasteiger partial charge >= 0.3 is 0 Å². The van der Waals surface area contributed by atoms with Crippen LogP contribution in [0.4, 0.5) is 0 Å². The molecule has 1 aromatic heterocycles. The molecule has 0 aliphatic heterocycles. The van der Waals surface area contributed by atoms with E-state index < -0.39 is 0 Å². The Bertz CT molecular complexity index is 711. The van der Waals surface area contributed by atoms with Gasteiger partial charge in [0, 0.05) is 37.0 Å². The summed E-state index contributed by atoms with van der Waals surface area (Å²) in [6.45, 7) is 5.22. The zero-order valence-electron chi connectivity index (χ0n) is 14.9. The van der Waals surface area contributed by atoms with Crippen LogP contribution in [0, 0.1) is 0 Å². The number of nitrogens with one attached hydrogen (secondary N) is 1. The molecule has 0 saturated carbocycles. The number of hydrogen-bond donors (Lipinski definition) is 1. The van der Waals surface area contributed by atoms with Crippen LogP contribution in [0.2, 0.25) is 0 Å². The van der Waals surface area contributed by atoms with Crippen molar-refractivity contribution in [1.29, 1.82) is 0 Å². The van der Waals surface area contributed by atoms with Gasteiger partial charge in [0.15, 0.2) is 0 Å². The molecular weight excluding hydrogens is 348 g/mol. The second-order valence-corrected chi connectivity index (χ2v) is 6.56. The van der Waals surface area contributed by atoms with Crippen LogP contribution in [0.1, 0.15) is 28.8 Å². The van der Waals surface area contributed by atoms with Gasteiger partial charge in [-0.3, -0.25) is 9.59 Å². The van der Waals surface area contributed by atoms with Crippen LogP contribution in [0.15, 0.2) is 53.7 Å². The third-order valence-corrected chi connectivity index (χ3v) is 4.55. The van der Waals surface area contributed by atoms with E-state index in [1.54, 1.807) is 29.5 Å². The Balaban J connectivity index is 1.79. The maximum atomic E-state index is 12.5. The van der Waals surface area contributed by atoms with Crippen molar-refractivity contribution in [1.82, 2.24) is 10.2 Å². The van der Waals surface area contributed by atoms with Crippen molar-refractivity contribution < 1.29 is 14.3 Å². The Morgan fingerprint density at radius 1 is 1.27 bits per heavy atom. The van der Waals surface area contributed by atoms with Gasteiger partial charge in [-0.1, -0.05) is 18.2 Å². The number of thiophene rings is 1. The van der Waals surface area contributed by atoms with E-state index in [1.807, 2.05) is 29.6 Å². The minimum Gasteiger partial charge on any atom is -0.497 e. The summed E-state index contributed by atoms with van der Waals surface area (Å²) in [5.41, 5.74) is 1.70. The van der Waals surface area contributed by atoms with Gasteiger partial charge < -0.3 is 15.0 Å². The molecule has 2 rings (SSSR count). The van der Waals surface area contributed by atoms with E-state index >= 15 is 0 Å². The first-order valence-electron chi connectivity index (χ1n) is 8.46. The first kappa shape index (κ1) is 19.7. The van der Waals surface area contributed by atoms with E-state index in [0.717, 1.165) is 11.3 Å². The smallest absolute Gasteiger partial charge is 0.252 e. The van der Waals surface area contributed by atoms with Crippen LogP contribution in [-0.2, 0) is 11.3 Å². The summed E-state index contributed by atoms with van der Waals surface area (Å²) < 4.78 is 5.15. The number of hydrogen-bond acceptors (Lipinski definition) is 4. The van der Waals surface area contributed by atoms with Crippen molar-refractivity contribution in [3.05, 3.63) is 64.9 Å². The highest BCUT2D eigenvalue weighted by atomic mass is 32.1. The molecule has 1 aromatic carbocycles. The molecule has 26 heavy (non-hydrogen) atoms. The molecule has 0 spiro atoms. The molecule has 2 amide bonds. The predicted octanol–water partition coefficient (Wildman–Crippen LogP) is 3.48. The third kappa shape index (κ3) is 6.04. The number of benzene rings is 1. The first-order valence-corrected chi connectivity index (χ1v) is 9.40. The Labute approximate surface area is 158 Å². The molecule has 0 aliphatic carbocycles. The molecule has 0 fully saturated rings. The van der Waals surface area contributed by atoms with Gasteiger partial charge in [0.25, 0.3) is 5.91 Å². The lowest BCUT2D eigenvalue weighted by atomic mass is 10.2. The molecule has 1 N–H and O–H groups in total. The van der Waals surface area contributed by atoms with E-state index in [2.05, 4.69) is 11.9 Å². The van der Waals surface area contributed by atoms with Gasteiger partial charge in [-0.05, 0) is 35.6 Å². The van der Waals surface area contributed by atoms with Gasteiger partial charge in [0.2, 0.25) is 5.91 Å². The summed E-state index contributed by atoms with van der Waals surface area (Å²) in [4.78, 5) is 26.1. The number of ether oxygens (including phenoxy) is 1. The third-order valence-electron chi connectivity index (χ3n) is 3.87. The number of amides is 2. The molecule has 138 valence electrons. The van der Waals surface area contributed by atoms with Crippen LogP contribution in [0.5, 0.6) is 5.75 Å². The fraction of sp³-hybridized carbons (Fsp3) is 0.300. The number of rotatable bonds is 10. The minimum absolute atomic E-state index is 0.0468. The highest BCUT2D eigenvalue weighted by Gasteiger charge is 2.13. The lowest BCUT2D eigenvalue weighted by molar-refractivity contribution is -0.131. The predicted molar refractivity (Wildman–Crippen MR) is 104 cm³/mol. The standard InChI is InChI=1S/C20H24N2O3S/c1-3-12-22(14-16-6-8-18(25-2)9-7-16)19(23)5-4-11-21-20(24)17-10-13-26-15-17/h3,6-10,13,15H,1,4-5,11-12,14H2,2H3,(H,21,24). The molecule has 0 saturated heterocycles. The summed E-state index contributed by atoms with van der Waals surface area (Å²) in [5.74, 6) is 0.738. The van der Waals surface area contributed by atoms with Gasteiger partial charge in [0.05, 0.1) is 7.11 Å². The number of carbonyl (C=O) groups is 2. The van der Waals surface area contributed by atoms with E-state index in [0.29, 0.717) is 38.0 Å². The minimum atomic E-state index is -0.0973. The zero-order valence-corrected chi connectivity index (χ0v) is 15.8. The monoisotopic (exact) mass is 372 g/mol. The summed E-state index contributed by atoms with van der Waals surface area (Å²) in [6.07, 6.45) is 2.71. The highest BCUT2D eigenvalue weighted by Crippen LogP contribution is 2.14. The molecule has 1 heterocycles. The van der Waals surface area contributed by atoms with Crippen LogP contribution in [-0.4, -0.2) is 36.9 Å². The SMILES string of the molecule is C=CCN(Cc1ccc(OC)cc1)C(=O)CCCNC(=O)c1ccsc1. The summed E-state index contributed by atoms with van der Waals surface area (Å²) in [5, 5.41) is 6.51. The molecule has 6 heteroatoms. The van der Waals surface area contributed by atoms with Crippen molar-refractivity contribution in [3.63, 3.8) is 0 Å². The number of methoxy groups -OCH3 is 1. The van der Waals surface area contributed by atoms with Crippen molar-refractivity contribution in [2.45, 2.75) is 19.4 Å². The molecule has 0 unspecified atom stereocenters. The maximum Gasteiger partial charge on any atom is 0.252 e. The highest BCUT2D eigenvalue weighted by molar-refractivity contribution is 7.08. The van der Waals surface area contributed by atoms with Gasteiger partial charge in [-0.25, -0.2) is 0 Å². The zero-order chi connectivity index (χ0) is 18.8. The van der Waals surface area contributed by atoms with Crippen LogP contribution >= 0.6 is 11.3 Å². The van der Waals surface area contributed by atoms with Crippen molar-refractivity contribution in [2.75, 3.05) is 20.2 Å². The molecule has 2 aromatic rings. The molecular formula is C20H24N2O3S. The van der Waals surface area contributed by atoms with E-state index in [1.165, 1.54) is 11.3 Å². The average Bonchev–Trinajstić information content (AvgIpc) is 3.20. The van der Waals surface area contributed by atoms with E-state index in [-0.39, 0.29) is 11.8 Å². The average molecular weight is 372 g/mol. The van der Waals surface area contributed by atoms with Gasteiger partial charge in [0.1, 0.15) is 5.75 Å². The summed E-state index contributed by atoms with van der Waals surface area (Å²) in [6, 6.07) is 9.44. The van der Waals surface area contributed by atoms with Crippen molar-refractivity contribution in [3.8, 4) is 5.75 Å². The largest absolute Gasteiger partial charge is 0.497 e.